The Hall–Kier alpha value is -1.49. The largest absolute Gasteiger partial charge is 0.409 e. The lowest BCUT2D eigenvalue weighted by Gasteiger charge is -2.27. The minimum atomic E-state index is -0.00256. The van der Waals surface area contributed by atoms with Crippen LogP contribution in [-0.2, 0) is 0 Å². The number of aromatic nitrogens is 1. The Balaban J connectivity index is 3.10. The first-order valence-electron chi connectivity index (χ1n) is 6.96. The number of oxime groups is 1. The van der Waals surface area contributed by atoms with E-state index in [9.17, 15) is 0 Å². The van der Waals surface area contributed by atoms with E-state index in [1.165, 1.54) is 0 Å². The van der Waals surface area contributed by atoms with Gasteiger partial charge < -0.3 is 15.8 Å². The van der Waals surface area contributed by atoms with Gasteiger partial charge in [0, 0.05) is 24.8 Å². The zero-order valence-corrected chi connectivity index (χ0v) is 13.1. The number of rotatable bonds is 7. The summed E-state index contributed by atoms with van der Waals surface area (Å²) in [5.41, 5.74) is 6.13. The average molecular weight is 299 g/mol. The summed E-state index contributed by atoms with van der Waals surface area (Å²) >= 11 is 6.35. The molecule has 0 aliphatic rings. The third kappa shape index (κ3) is 3.76. The highest BCUT2D eigenvalue weighted by Gasteiger charge is 2.18. The van der Waals surface area contributed by atoms with E-state index in [2.05, 4.69) is 35.8 Å². The Morgan fingerprint density at radius 1 is 1.45 bits per heavy atom. The van der Waals surface area contributed by atoms with Crippen LogP contribution in [0.3, 0.4) is 0 Å². The van der Waals surface area contributed by atoms with Crippen molar-refractivity contribution < 1.29 is 5.21 Å². The fourth-order valence-corrected chi connectivity index (χ4v) is 2.46. The molecule has 1 aromatic rings. The second kappa shape index (κ2) is 7.94. The molecule has 0 amide bonds. The summed E-state index contributed by atoms with van der Waals surface area (Å²) in [4.78, 5) is 6.48. The summed E-state index contributed by atoms with van der Waals surface area (Å²) in [6, 6.07) is 1.64. The molecule has 0 aromatic carbocycles. The molecule has 0 spiro atoms. The fourth-order valence-electron chi connectivity index (χ4n) is 2.13. The van der Waals surface area contributed by atoms with E-state index >= 15 is 0 Å². The van der Waals surface area contributed by atoms with Crippen LogP contribution in [0.25, 0.3) is 0 Å². The van der Waals surface area contributed by atoms with Gasteiger partial charge in [-0.25, -0.2) is 4.98 Å². The molecule has 3 N–H and O–H groups in total. The normalized spacial score (nSPS) is 11.9. The van der Waals surface area contributed by atoms with Crippen molar-refractivity contribution in [2.45, 2.75) is 33.6 Å². The minimum Gasteiger partial charge on any atom is -0.409 e. The monoisotopic (exact) mass is 298 g/mol. The number of amidine groups is 1. The molecule has 1 heterocycles. The molecular weight excluding hydrogens is 276 g/mol. The second-order valence-electron chi connectivity index (χ2n) is 4.70. The van der Waals surface area contributed by atoms with Crippen molar-refractivity contribution in [1.82, 2.24) is 4.98 Å². The van der Waals surface area contributed by atoms with Crippen LogP contribution in [0.4, 0.5) is 5.82 Å². The molecule has 0 saturated carbocycles. The van der Waals surface area contributed by atoms with Gasteiger partial charge in [-0.2, -0.15) is 0 Å². The molecule has 0 unspecified atom stereocenters. The number of hydrogen-bond acceptors (Lipinski definition) is 4. The van der Waals surface area contributed by atoms with Gasteiger partial charge in [0.15, 0.2) is 5.84 Å². The van der Waals surface area contributed by atoms with Crippen molar-refractivity contribution in [2.24, 2.45) is 16.8 Å². The SMILES string of the molecule is CCC(CC)CN(CC)c1nccc(/C(N)=N/O)c1Cl. The summed E-state index contributed by atoms with van der Waals surface area (Å²) in [6.45, 7) is 8.14. The van der Waals surface area contributed by atoms with E-state index in [4.69, 9.17) is 22.5 Å². The topological polar surface area (TPSA) is 74.7 Å². The number of nitrogens with zero attached hydrogens (tertiary/aromatic N) is 3. The Morgan fingerprint density at radius 2 is 2.10 bits per heavy atom. The van der Waals surface area contributed by atoms with E-state index < -0.39 is 0 Å². The first-order chi connectivity index (χ1) is 9.58. The molecule has 1 aromatic heterocycles. The Morgan fingerprint density at radius 3 is 2.60 bits per heavy atom. The zero-order valence-electron chi connectivity index (χ0n) is 12.3. The van der Waals surface area contributed by atoms with Gasteiger partial charge in [-0.05, 0) is 18.9 Å². The van der Waals surface area contributed by atoms with Crippen molar-refractivity contribution in [3.8, 4) is 0 Å². The number of pyridine rings is 1. The molecule has 20 heavy (non-hydrogen) atoms. The molecule has 0 fully saturated rings. The lowest BCUT2D eigenvalue weighted by Crippen LogP contribution is -2.30. The smallest absolute Gasteiger partial charge is 0.171 e. The van der Waals surface area contributed by atoms with Gasteiger partial charge in [-0.1, -0.05) is 43.4 Å². The predicted molar refractivity (Wildman–Crippen MR) is 83.7 cm³/mol. The van der Waals surface area contributed by atoms with Crippen LogP contribution >= 0.6 is 11.6 Å². The first-order valence-corrected chi connectivity index (χ1v) is 7.34. The molecule has 0 atom stereocenters. The van der Waals surface area contributed by atoms with Gasteiger partial charge in [0.25, 0.3) is 0 Å². The molecule has 0 bridgehead atoms. The molecule has 0 aliphatic carbocycles. The highest BCUT2D eigenvalue weighted by atomic mass is 35.5. The van der Waals surface area contributed by atoms with Crippen LogP contribution in [0, 0.1) is 5.92 Å². The van der Waals surface area contributed by atoms with Crippen molar-refractivity contribution in [3.05, 3.63) is 22.8 Å². The van der Waals surface area contributed by atoms with E-state index in [1.54, 1.807) is 12.3 Å². The van der Waals surface area contributed by atoms with Gasteiger partial charge in [-0.15, -0.1) is 0 Å². The van der Waals surface area contributed by atoms with Gasteiger partial charge in [0.1, 0.15) is 5.82 Å². The maximum atomic E-state index is 8.79. The van der Waals surface area contributed by atoms with Crippen LogP contribution < -0.4 is 10.6 Å². The lowest BCUT2D eigenvalue weighted by molar-refractivity contribution is 0.318. The summed E-state index contributed by atoms with van der Waals surface area (Å²) < 4.78 is 0. The molecule has 1 rings (SSSR count). The molecule has 0 saturated heterocycles. The number of anilines is 1. The van der Waals surface area contributed by atoms with Gasteiger partial charge >= 0.3 is 0 Å². The molecule has 0 aliphatic heterocycles. The van der Waals surface area contributed by atoms with E-state index in [0.717, 1.165) is 25.9 Å². The molecule has 0 radical (unpaired) electrons. The van der Waals surface area contributed by atoms with Crippen LogP contribution in [0.2, 0.25) is 5.02 Å². The second-order valence-corrected chi connectivity index (χ2v) is 5.08. The highest BCUT2D eigenvalue weighted by Crippen LogP contribution is 2.28. The number of nitrogens with two attached hydrogens (primary N) is 1. The van der Waals surface area contributed by atoms with E-state index in [1.807, 2.05) is 0 Å². The van der Waals surface area contributed by atoms with Crippen molar-refractivity contribution >= 4 is 23.3 Å². The van der Waals surface area contributed by atoms with Crippen molar-refractivity contribution in [1.29, 1.82) is 0 Å². The average Bonchev–Trinajstić information content (AvgIpc) is 2.48. The van der Waals surface area contributed by atoms with Crippen molar-refractivity contribution in [2.75, 3.05) is 18.0 Å². The highest BCUT2D eigenvalue weighted by molar-refractivity contribution is 6.36. The van der Waals surface area contributed by atoms with Crippen LogP contribution in [0.5, 0.6) is 0 Å². The molecule has 112 valence electrons. The van der Waals surface area contributed by atoms with Gasteiger partial charge in [-0.3, -0.25) is 0 Å². The molecule has 5 nitrogen and oxygen atoms in total. The van der Waals surface area contributed by atoms with Gasteiger partial charge in [0.2, 0.25) is 0 Å². The number of halogens is 1. The lowest BCUT2D eigenvalue weighted by atomic mass is 10.0. The minimum absolute atomic E-state index is 0.00256. The zero-order chi connectivity index (χ0) is 15.1. The maximum absolute atomic E-state index is 8.79. The van der Waals surface area contributed by atoms with Crippen LogP contribution in [-0.4, -0.2) is 29.1 Å². The standard InChI is InChI=1S/C14H23ClN4O/c1-4-10(5-2)9-19(6-3)14-12(15)11(7-8-17-14)13(16)18-20/h7-8,10,20H,4-6,9H2,1-3H3,(H2,16,18). The summed E-state index contributed by atoms with van der Waals surface area (Å²) in [6.07, 6.45) is 3.86. The molecule has 6 heteroatoms. The summed E-state index contributed by atoms with van der Waals surface area (Å²) in [7, 11) is 0. The Bertz CT molecular complexity index is 460. The summed E-state index contributed by atoms with van der Waals surface area (Å²) in [5.74, 6) is 1.28. The third-order valence-corrected chi connectivity index (χ3v) is 3.94. The Labute approximate surface area is 125 Å². The van der Waals surface area contributed by atoms with Crippen LogP contribution in [0.15, 0.2) is 17.4 Å². The van der Waals surface area contributed by atoms with Gasteiger partial charge in [0.05, 0.1) is 5.02 Å². The third-order valence-electron chi connectivity index (χ3n) is 3.57. The Kier molecular flexibility index (Phi) is 6.58. The first kappa shape index (κ1) is 16.6. The van der Waals surface area contributed by atoms with E-state index in [0.29, 0.717) is 22.3 Å². The summed E-state index contributed by atoms with van der Waals surface area (Å²) in [5, 5.41) is 12.2. The van der Waals surface area contributed by atoms with Crippen LogP contribution in [0.1, 0.15) is 39.2 Å². The fraction of sp³-hybridized carbons (Fsp3) is 0.571. The number of hydrogen-bond donors (Lipinski definition) is 2. The van der Waals surface area contributed by atoms with Crippen molar-refractivity contribution in [3.63, 3.8) is 0 Å². The predicted octanol–water partition coefficient (Wildman–Crippen LogP) is 3.09. The van der Waals surface area contributed by atoms with E-state index in [-0.39, 0.29) is 5.84 Å². The quantitative estimate of drug-likeness (QED) is 0.351. The molecular formula is C14H23ClN4O. The maximum Gasteiger partial charge on any atom is 0.171 e.